The van der Waals surface area contributed by atoms with E-state index in [-0.39, 0.29) is 93.8 Å². The maximum absolute atomic E-state index is 10.7. The van der Waals surface area contributed by atoms with Crippen LogP contribution in [0.25, 0.3) is 0 Å². The summed E-state index contributed by atoms with van der Waals surface area (Å²) in [4.78, 5) is 9.30. The van der Waals surface area contributed by atoms with Crippen LogP contribution in [0.15, 0.2) is 48.5 Å². The normalized spacial score (nSPS) is 32.4. The Labute approximate surface area is 585 Å². The maximum Gasteiger partial charge on any atom is 0.161 e. The molecule has 4 aromatic rings. The van der Waals surface area contributed by atoms with Crippen molar-refractivity contribution in [2.45, 2.75) is 181 Å². The van der Waals surface area contributed by atoms with Crippen LogP contribution in [0.5, 0.6) is 46.0 Å². The molecule has 0 aromatic heterocycles. The highest BCUT2D eigenvalue weighted by Crippen LogP contribution is 2.49. The highest BCUT2D eigenvalue weighted by atomic mass is 16.5. The molecule has 0 radical (unpaired) electrons. The van der Waals surface area contributed by atoms with E-state index in [1.165, 1.54) is 0 Å². The minimum Gasteiger partial charge on any atom is -0.493 e. The third-order valence-electron chi connectivity index (χ3n) is 20.6. The van der Waals surface area contributed by atoms with Crippen molar-refractivity contribution in [1.82, 2.24) is 19.6 Å². The zero-order valence-electron chi connectivity index (χ0n) is 78.8. The summed E-state index contributed by atoms with van der Waals surface area (Å²) >= 11 is 0. The molecule has 0 unspecified atom stereocenters. The third-order valence-corrected chi connectivity index (χ3v) is 20.6. The molecule has 8 aliphatic heterocycles. The molecule has 12 atom stereocenters. The van der Waals surface area contributed by atoms with Crippen molar-refractivity contribution in [3.63, 3.8) is 0 Å². The highest BCUT2D eigenvalue weighted by molar-refractivity contribution is 5.53. The van der Waals surface area contributed by atoms with Gasteiger partial charge in [0.25, 0.3) is 0 Å². The fourth-order valence-electron chi connectivity index (χ4n) is 16.4. The van der Waals surface area contributed by atoms with Crippen LogP contribution in [0.1, 0.15) is 208 Å². The van der Waals surface area contributed by atoms with Crippen molar-refractivity contribution in [2.75, 3.05) is 109 Å². The van der Waals surface area contributed by atoms with Gasteiger partial charge in [-0.15, -0.1) is 0 Å². The molecule has 512 valence electrons. The number of nitrogens with zero attached hydrogens (tertiary/aromatic N) is 4. The van der Waals surface area contributed by atoms with Gasteiger partial charge in [0.2, 0.25) is 0 Å². The average molecular weight is 1300 g/mol. The minimum atomic E-state index is -2.73. The van der Waals surface area contributed by atoms with Crippen LogP contribution in [0.3, 0.4) is 0 Å². The van der Waals surface area contributed by atoms with Gasteiger partial charge in [0.15, 0.2) is 46.0 Å². The monoisotopic (exact) mass is 1300 g/mol. The summed E-state index contributed by atoms with van der Waals surface area (Å²) in [5.41, 5.74) is 7.09. The van der Waals surface area contributed by atoms with Gasteiger partial charge in [-0.1, -0.05) is 55.4 Å². The summed E-state index contributed by atoms with van der Waals surface area (Å²) in [7, 11) is -21.8. The number of piperidine rings is 4. The van der Waals surface area contributed by atoms with E-state index in [1.807, 2.05) is 0 Å². The molecule has 92 heavy (non-hydrogen) atoms. The van der Waals surface area contributed by atoms with Gasteiger partial charge < -0.3 is 58.3 Å². The van der Waals surface area contributed by atoms with E-state index in [0.717, 1.165) is 123 Å². The minimum absolute atomic E-state index is 0.0575. The Hall–Kier alpha value is -5.04. The second-order valence-electron chi connectivity index (χ2n) is 28.6. The molecule has 4 aromatic carbocycles. The number of rotatable bonds is 16. The molecule has 4 fully saturated rings. The number of hydrogen-bond donors (Lipinski definition) is 4. The van der Waals surface area contributed by atoms with E-state index in [2.05, 4.69) is 75.0 Å². The Kier molecular flexibility index (Phi) is 15.9. The van der Waals surface area contributed by atoms with Gasteiger partial charge in [0, 0.05) is 76.5 Å². The molecule has 0 spiro atoms. The Morgan fingerprint density at radius 2 is 0.511 bits per heavy atom. The van der Waals surface area contributed by atoms with Crippen LogP contribution in [-0.2, 0) is 25.7 Å². The van der Waals surface area contributed by atoms with Gasteiger partial charge in [-0.05, 0) is 217 Å². The van der Waals surface area contributed by atoms with Crippen molar-refractivity contribution in [3.05, 3.63) is 93.0 Å². The van der Waals surface area contributed by atoms with Crippen molar-refractivity contribution in [2.24, 2.45) is 47.3 Å². The van der Waals surface area contributed by atoms with E-state index < -0.39 is 80.7 Å². The zero-order valence-corrected chi connectivity index (χ0v) is 54.8. The van der Waals surface area contributed by atoms with Crippen LogP contribution >= 0.6 is 0 Å². The third kappa shape index (κ3) is 16.4. The van der Waals surface area contributed by atoms with Crippen molar-refractivity contribution in [3.8, 4) is 46.0 Å². The molecule has 8 aliphatic rings. The lowest BCUT2D eigenvalue weighted by Gasteiger charge is -2.46. The number of fused-ring (bicyclic) bond motifs is 12. The molecular formula is C76H116N4O12. The van der Waals surface area contributed by atoms with Gasteiger partial charge in [0.05, 0.1) is 114 Å². The predicted molar refractivity (Wildman–Crippen MR) is 365 cm³/mol. The Balaban J connectivity index is 0.000000177. The first-order valence-electron chi connectivity index (χ1n) is 45.2. The summed E-state index contributed by atoms with van der Waals surface area (Å²) in [5.74, 6) is 2.03. The van der Waals surface area contributed by atoms with Gasteiger partial charge in [-0.2, -0.15) is 0 Å². The van der Waals surface area contributed by atoms with Crippen LogP contribution in [0.4, 0.5) is 0 Å². The lowest BCUT2D eigenvalue weighted by atomic mass is 9.79. The number of aliphatic hydroxyl groups excluding tert-OH is 4. The fourth-order valence-corrected chi connectivity index (χ4v) is 16.4. The Bertz CT molecular complexity index is 3430. The highest BCUT2D eigenvalue weighted by Gasteiger charge is 2.43. The summed E-state index contributed by atoms with van der Waals surface area (Å²) in [6, 6.07) is 12.4. The molecule has 4 N–H and O–H groups in total. The largest absolute Gasteiger partial charge is 0.493 e. The standard InChI is InChI=1S/4C19H29NO3/c4*1-12(2)7-14-11-20-6-5-13-8-18(22-3)19(23-4)9-15(13)16(20)10-17(14)21/h4*8-9,12,14,16-17,21H,5-7,10-11H2,1-4H3/t2*14-,16-,17+;2*14-,16-,17-/m1010/s1/i4*3D3,4D3. The molecule has 8 heterocycles. The van der Waals surface area contributed by atoms with Crippen molar-refractivity contribution in [1.29, 1.82) is 0 Å². The maximum atomic E-state index is 10.7. The first-order valence-corrected chi connectivity index (χ1v) is 33.2. The van der Waals surface area contributed by atoms with E-state index in [9.17, 15) is 20.4 Å². The molecule has 0 amide bonds. The van der Waals surface area contributed by atoms with Crippen molar-refractivity contribution >= 4 is 0 Å². The average Bonchev–Trinajstić information content (AvgIpc) is 0.777. The smallest absolute Gasteiger partial charge is 0.161 e. The van der Waals surface area contributed by atoms with Crippen LogP contribution in [-0.4, -0.2) is 173 Å². The van der Waals surface area contributed by atoms with Gasteiger partial charge in [0.1, 0.15) is 0 Å². The van der Waals surface area contributed by atoms with E-state index in [4.69, 9.17) is 70.8 Å². The number of benzene rings is 4. The molecule has 16 nitrogen and oxygen atoms in total. The summed E-state index contributed by atoms with van der Waals surface area (Å²) in [5, 5.41) is 42.8. The lowest BCUT2D eigenvalue weighted by molar-refractivity contribution is -0.0192. The first kappa shape index (κ1) is 45.4. The molecule has 0 saturated carbocycles. The van der Waals surface area contributed by atoms with Crippen LogP contribution < -0.4 is 37.9 Å². The fraction of sp³-hybridized carbons (Fsp3) is 0.684. The predicted octanol–water partition coefficient (Wildman–Crippen LogP) is 12.1. The summed E-state index contributed by atoms with van der Waals surface area (Å²) in [6.07, 6.45) is 7.07. The summed E-state index contributed by atoms with van der Waals surface area (Å²) in [6.45, 7) is 23.5. The first-order chi connectivity index (χ1) is 53.3. The molecule has 0 bridgehead atoms. The van der Waals surface area contributed by atoms with E-state index in [1.54, 1.807) is 48.5 Å². The quantitative estimate of drug-likeness (QED) is 0.0836. The number of methoxy groups -OCH3 is 8. The Morgan fingerprint density at radius 3 is 0.685 bits per heavy atom. The van der Waals surface area contributed by atoms with Crippen LogP contribution in [0.2, 0.25) is 0 Å². The molecular weight excluding hydrogens is 1160 g/mol. The second kappa shape index (κ2) is 32.1. The molecule has 16 heteroatoms. The Morgan fingerprint density at radius 1 is 0.326 bits per heavy atom. The van der Waals surface area contributed by atoms with Gasteiger partial charge in [-0.25, -0.2) is 0 Å². The molecule has 12 rings (SSSR count). The number of hydrogen-bond acceptors (Lipinski definition) is 16. The SMILES string of the molecule is [2H]C([2H])([2H])Oc1cc2c(cc1OC([2H])([2H])[2H])[C@@H]1C[C@@H](O)[C@@H](CC(C)C)CN1CC2.[2H]C([2H])([2H])Oc1cc2c(cc1OC([2H])([2H])[2H])[C@@H]1C[C@H](O)[C@@H](CC(C)C)CN1CC2.[2H]C([2H])([2H])Oc1cc2c(cc1OC([2H])([2H])[2H])[C@H]1C[C@@H](O)[C@H](CC(C)C)CN1CC2.[2H]C([2H])([2H])Oc1cc2c(cc1OC([2H])([2H])[2H])[C@H]1C[C@H](O)[C@H](CC(C)C)CN1CC2. The van der Waals surface area contributed by atoms with E-state index >= 15 is 0 Å². The topological polar surface area (TPSA) is 168 Å². The second-order valence-corrected chi connectivity index (χ2v) is 28.6. The van der Waals surface area contributed by atoms with Crippen LogP contribution in [0, 0.1) is 47.3 Å². The number of ether oxygens (including phenoxy) is 8. The summed E-state index contributed by atoms with van der Waals surface area (Å²) < 4.78 is 218. The van der Waals surface area contributed by atoms with E-state index in [0.29, 0.717) is 75.0 Å². The zero-order chi connectivity index (χ0) is 86.2. The van der Waals surface area contributed by atoms with Gasteiger partial charge >= 0.3 is 0 Å². The molecule has 4 saturated heterocycles. The lowest BCUT2D eigenvalue weighted by Crippen LogP contribution is -2.48. The van der Waals surface area contributed by atoms with Gasteiger partial charge in [-0.3, -0.25) is 19.6 Å². The number of aliphatic hydroxyl groups is 4. The molecule has 0 aliphatic carbocycles. The van der Waals surface area contributed by atoms with Crippen molar-refractivity contribution < 1.29 is 91.2 Å².